The Balaban J connectivity index is 1.46. The summed E-state index contributed by atoms with van der Waals surface area (Å²) in [5.41, 5.74) is 30.5. The van der Waals surface area contributed by atoms with E-state index in [9.17, 15) is 63.0 Å². The van der Waals surface area contributed by atoms with Crippen LogP contribution in [-0.2, 0) is 68.7 Å². The number of thioether (sulfide) groups is 2. The number of primary amides is 2. The van der Waals surface area contributed by atoms with Crippen LogP contribution in [0.25, 0.3) is 22.2 Å². The molecule has 2 aromatic carbocycles. The summed E-state index contributed by atoms with van der Waals surface area (Å²) < 4.78 is 1.47. The highest BCUT2D eigenvalue weighted by Crippen LogP contribution is 2.31. The summed E-state index contributed by atoms with van der Waals surface area (Å²) in [6.07, 6.45) is 5.69. The number of guanidine groups is 1. The van der Waals surface area contributed by atoms with E-state index in [0.29, 0.717) is 52.1 Å². The number of hydrogen-bond acceptors (Lipinski definition) is 20. The van der Waals surface area contributed by atoms with Crippen molar-refractivity contribution in [2.75, 3.05) is 43.7 Å². The largest absolute Gasteiger partial charge is 0.481 e. The third-order valence-corrected chi connectivity index (χ3v) is 19.1. The van der Waals surface area contributed by atoms with Gasteiger partial charge in [-0.3, -0.25) is 67.3 Å². The van der Waals surface area contributed by atoms with Gasteiger partial charge in [-0.15, -0.1) is 5.10 Å². The van der Waals surface area contributed by atoms with Crippen molar-refractivity contribution in [3.63, 3.8) is 0 Å². The Bertz CT molecular complexity index is 3650. The molecule has 14 atom stereocenters. The second-order valence-corrected chi connectivity index (χ2v) is 27.5. The Morgan fingerprint density at radius 1 is 0.644 bits per heavy atom. The third-order valence-electron chi connectivity index (χ3n) is 17.8. The van der Waals surface area contributed by atoms with Gasteiger partial charge in [0.2, 0.25) is 70.9 Å². The maximum Gasteiger partial charge on any atom is 0.303 e. The zero-order valence-electron chi connectivity index (χ0n) is 59.4. The van der Waals surface area contributed by atoms with Gasteiger partial charge in [0, 0.05) is 55.0 Å². The smallest absolute Gasteiger partial charge is 0.303 e. The number of benzene rings is 2. The first-order chi connectivity index (χ1) is 49.4. The van der Waals surface area contributed by atoms with Crippen LogP contribution in [-0.4, -0.2) is 228 Å². The van der Waals surface area contributed by atoms with E-state index in [0.717, 1.165) is 0 Å². The second-order valence-electron chi connectivity index (χ2n) is 25.6. The molecule has 3 heterocycles. The summed E-state index contributed by atoms with van der Waals surface area (Å²) in [5, 5.41) is 52.9. The van der Waals surface area contributed by atoms with Gasteiger partial charge in [0.1, 0.15) is 66.1 Å². The van der Waals surface area contributed by atoms with Crippen molar-refractivity contribution in [1.29, 1.82) is 0 Å². The van der Waals surface area contributed by atoms with Gasteiger partial charge in [-0.25, -0.2) is 4.68 Å². The number of carbonyl (C=O) groups is 13. The number of nitrogens with zero attached hydrogens (tertiary/aromatic N) is 5. The number of para-hydroxylation sites is 1. The quantitative estimate of drug-likeness (QED) is 0.0123. The van der Waals surface area contributed by atoms with Gasteiger partial charge in [0.05, 0.1) is 31.3 Å². The molecule has 2 aromatic heterocycles. The molecule has 1 fully saturated rings. The molecule has 1 saturated heterocycles. The van der Waals surface area contributed by atoms with Crippen LogP contribution in [0.1, 0.15) is 110 Å². The molecule has 5 rings (SSSR count). The normalized spacial score (nSPS) is 16.9. The summed E-state index contributed by atoms with van der Waals surface area (Å²) in [5.74, 6) is -13.0. The number of rotatable bonds is 44. The number of hydrogen-bond donors (Lipinski definition) is 17. The van der Waals surface area contributed by atoms with Crippen molar-refractivity contribution in [3.05, 3.63) is 72.6 Å². The van der Waals surface area contributed by atoms with Crippen molar-refractivity contribution >= 4 is 117 Å². The van der Waals surface area contributed by atoms with Crippen LogP contribution in [0, 0.1) is 11.8 Å². The fourth-order valence-corrected chi connectivity index (χ4v) is 12.3. The molecular weight excluding hydrogens is 1390 g/mol. The number of aromatic nitrogens is 4. The molecule has 22 N–H and O–H groups in total. The number of aliphatic carboxylic acids is 1. The number of amides is 12. The number of aliphatic hydroxyl groups is 1. The number of aliphatic imine (C=N–C) groups is 1. The third kappa shape index (κ3) is 25.5. The maximum atomic E-state index is 15.6. The number of fused-ring (bicyclic) bond motifs is 1. The van der Waals surface area contributed by atoms with Gasteiger partial charge in [-0.2, -0.15) is 23.5 Å². The molecule has 1 unspecified atom stereocenters. The summed E-state index contributed by atoms with van der Waals surface area (Å²) >= 11 is 2.80. The highest BCUT2D eigenvalue weighted by Gasteiger charge is 2.46. The van der Waals surface area contributed by atoms with Crippen LogP contribution in [0.15, 0.2) is 72.0 Å². The van der Waals surface area contributed by atoms with Crippen LogP contribution in [0.2, 0.25) is 0 Å². The highest BCUT2D eigenvalue weighted by molar-refractivity contribution is 7.98. The van der Waals surface area contributed by atoms with Crippen LogP contribution >= 0.6 is 23.5 Å². The van der Waals surface area contributed by atoms with Crippen LogP contribution in [0.3, 0.4) is 0 Å². The van der Waals surface area contributed by atoms with Crippen molar-refractivity contribution in [2.45, 2.75) is 178 Å². The lowest BCUT2D eigenvalue weighted by Gasteiger charge is -2.33. The van der Waals surface area contributed by atoms with Gasteiger partial charge in [-0.05, 0) is 86.5 Å². The van der Waals surface area contributed by atoms with Gasteiger partial charge >= 0.3 is 5.97 Å². The molecule has 0 aliphatic carbocycles. The molecule has 35 nitrogen and oxygen atoms in total. The summed E-state index contributed by atoms with van der Waals surface area (Å²) in [6, 6.07) is -0.752. The lowest BCUT2D eigenvalue weighted by atomic mass is 9.95. The minimum atomic E-state index is -1.90. The molecule has 0 saturated carbocycles. The van der Waals surface area contributed by atoms with E-state index in [2.05, 4.69) is 68.1 Å². The predicted molar refractivity (Wildman–Crippen MR) is 389 cm³/mol. The molecule has 1 aliphatic heterocycles. The average molecular weight is 1490 g/mol. The fraction of sp³-hybridized carbons (Fsp3) is 0.552. The number of aromatic amines is 1. The number of carboxylic acids is 1. The maximum absolute atomic E-state index is 15.6. The number of nitrogens with one attached hydrogen (secondary N) is 10. The lowest BCUT2D eigenvalue weighted by molar-refractivity contribution is -0.144. The summed E-state index contributed by atoms with van der Waals surface area (Å²) in [4.78, 5) is 189. The van der Waals surface area contributed by atoms with Crippen molar-refractivity contribution in [3.8, 4) is 11.3 Å². The molecule has 1 aliphatic rings. The summed E-state index contributed by atoms with van der Waals surface area (Å²) in [7, 11) is 0. The molecule has 0 bridgehead atoms. The minimum Gasteiger partial charge on any atom is -0.481 e. The Morgan fingerprint density at radius 3 is 1.83 bits per heavy atom. The van der Waals surface area contributed by atoms with Crippen LogP contribution in [0.5, 0.6) is 0 Å². The average Bonchev–Trinajstić information content (AvgIpc) is 1.62. The Hall–Kier alpha value is -9.88. The monoisotopic (exact) mass is 1490 g/mol. The fourth-order valence-electron chi connectivity index (χ4n) is 11.3. The van der Waals surface area contributed by atoms with E-state index in [4.69, 9.17) is 28.7 Å². The SMILES string of the molecule is CC[C@H](C)[C@H](NC(=O)[C@@H](N)CCCN=C(N)N)C(=O)N[C@@H](CC(N)=O)C(=O)N[C@H](C(=O)N1C[C@@H](n2cc(-c3ccccc3)nn2)C[C@H]1C(=O)N[C@@H](Cc1c[nH]c2ccccc12)C(=O)N[C@@H](CO)C(=O)NC(CCC(=O)O)C(=O)N[C@@H](C)C(=O)N[C@@H](CCSC)C(=O)N[C@@H](CCSC)C(N)=O)[C@@H](C)CC. The molecule has 37 heteroatoms. The summed E-state index contributed by atoms with van der Waals surface area (Å²) in [6.45, 7) is 6.90. The van der Waals surface area contributed by atoms with Gasteiger partial charge in [0.15, 0.2) is 5.96 Å². The zero-order valence-corrected chi connectivity index (χ0v) is 61.0. The Labute approximate surface area is 610 Å². The van der Waals surface area contributed by atoms with E-state index in [1.807, 2.05) is 6.07 Å². The van der Waals surface area contributed by atoms with E-state index >= 15 is 9.59 Å². The zero-order chi connectivity index (χ0) is 76.9. The topological polar surface area (TPSA) is 563 Å². The molecule has 104 heavy (non-hydrogen) atoms. The number of carboxylic acid groups (broad SMARTS) is 1. The van der Waals surface area contributed by atoms with Gasteiger partial charge in [-0.1, -0.05) is 94.3 Å². The molecule has 12 amide bonds. The lowest BCUT2D eigenvalue weighted by Crippen LogP contribution is -2.62. The van der Waals surface area contributed by atoms with E-state index in [-0.39, 0.29) is 57.6 Å². The van der Waals surface area contributed by atoms with E-state index < -0.39 is 187 Å². The Kier molecular flexibility index (Phi) is 34.3. The van der Waals surface area contributed by atoms with E-state index in [1.165, 1.54) is 40.0 Å². The first-order valence-corrected chi connectivity index (χ1v) is 37.0. The van der Waals surface area contributed by atoms with Crippen molar-refractivity contribution < 1.29 is 72.5 Å². The standard InChI is InChI=1S/C67H100N20O15S2/c1-8-35(3)54(82-58(94)42(68)19-15-25-73-67(71)72)65(101)80-48(30-52(69)89)62(98)83-55(36(4)9-2)66(102)86-32-40(87-33-49(84-85-87)38-16-11-10-12-17-38)29-51(86)64(100)79-47(28-39-31-74-43-20-14-13-18-41(39)43)61(97)81-50(34-88)63(99)78-45(21-22-53(90)91)59(95)75-37(5)57(93)77-46(24-27-104-7)60(96)76-44(56(70)92)23-26-103-6/h10-14,16-18,20,31,33,35-37,40,42,44-48,50-51,54-55,74,88H,8-9,15,19,21-30,32,34,68H2,1-7H3,(H2,69,89)(H2,70,92)(H,75,95)(H,76,96)(H,77,93)(H,78,99)(H,79,100)(H,80,101)(H,81,97)(H,82,94)(H,83,98)(H,90,91)(H4,71,72,73)/t35-,36-,37-,40-,42-,44-,45?,46-,47-,48-,50-,51-,54-,55-/m0/s1. The van der Waals surface area contributed by atoms with Crippen molar-refractivity contribution in [1.82, 2.24) is 72.7 Å². The molecule has 570 valence electrons. The number of carbonyl (C=O) groups excluding carboxylic acids is 12. The van der Waals surface area contributed by atoms with Gasteiger partial charge < -0.3 is 96.6 Å². The number of aliphatic hydroxyl groups excluding tert-OH is 1. The molecule has 0 spiro atoms. The molecule has 0 radical (unpaired) electrons. The minimum absolute atomic E-state index is 0.104. The number of likely N-dealkylation sites (tertiary alicyclic amines) is 1. The van der Waals surface area contributed by atoms with Gasteiger partial charge in [0.25, 0.3) is 0 Å². The molecule has 4 aromatic rings. The van der Waals surface area contributed by atoms with Crippen molar-refractivity contribution in [2.24, 2.45) is 45.5 Å². The highest BCUT2D eigenvalue weighted by atomic mass is 32.2. The first kappa shape index (κ1) is 84.8. The number of nitrogens with two attached hydrogens (primary N) is 5. The first-order valence-electron chi connectivity index (χ1n) is 34.2. The molecular formula is C67H100N20O15S2. The predicted octanol–water partition coefficient (Wildman–Crippen LogP) is -2.61. The van der Waals surface area contributed by atoms with E-state index in [1.54, 1.807) is 101 Å². The number of H-pyrrole nitrogens is 1. The second kappa shape index (κ2) is 42.0. The van der Waals surface area contributed by atoms with Crippen LogP contribution in [0.4, 0.5) is 0 Å². The Morgan fingerprint density at radius 2 is 1.20 bits per heavy atom. The van der Waals surface area contributed by atoms with Crippen LogP contribution < -0.4 is 76.5 Å².